The summed E-state index contributed by atoms with van der Waals surface area (Å²) in [6.07, 6.45) is 60.0. The first-order valence-corrected chi connectivity index (χ1v) is 40.3. The largest absolute Gasteiger partial charge is 0.472 e. The summed E-state index contributed by atoms with van der Waals surface area (Å²) < 4.78 is 68.2. The van der Waals surface area contributed by atoms with Crippen LogP contribution in [-0.2, 0) is 65.4 Å². The third-order valence-electron chi connectivity index (χ3n) is 16.0. The van der Waals surface area contributed by atoms with Gasteiger partial charge in [0.1, 0.15) is 19.3 Å². The number of carbonyl (C=O) groups is 4. The molecule has 93 heavy (non-hydrogen) atoms. The van der Waals surface area contributed by atoms with Gasteiger partial charge in [-0.25, -0.2) is 9.13 Å². The van der Waals surface area contributed by atoms with E-state index in [0.717, 1.165) is 141 Å². The van der Waals surface area contributed by atoms with E-state index < -0.39 is 97.5 Å². The van der Waals surface area contributed by atoms with Crippen molar-refractivity contribution in [3.05, 3.63) is 48.6 Å². The van der Waals surface area contributed by atoms with Crippen LogP contribution in [0.3, 0.4) is 0 Å². The van der Waals surface area contributed by atoms with E-state index in [9.17, 15) is 43.2 Å². The molecule has 0 fully saturated rings. The predicted molar refractivity (Wildman–Crippen MR) is 377 cm³/mol. The molecule has 2 unspecified atom stereocenters. The molecule has 0 heterocycles. The van der Waals surface area contributed by atoms with Gasteiger partial charge in [-0.05, 0) is 83.0 Å². The predicted octanol–water partition coefficient (Wildman–Crippen LogP) is 20.8. The average molecular weight is 1360 g/mol. The lowest BCUT2D eigenvalue weighted by Crippen LogP contribution is -2.30. The maximum Gasteiger partial charge on any atom is 0.472 e. The standard InChI is InChI=1S/C74H136O17P2/c1-6-9-12-15-18-20-22-24-26-30-34-38-43-48-53-58-72(77)85-64-70(91-74(79)60-55-50-45-40-36-32-28-29-33-37-42-46-51-56-67(4)5)66-89-93(82,83)87-62-68(75)61-86-92(80,81)88-65-69(63-84-71(76)57-52-47-41-17-14-11-8-3)90-73(78)59-54-49-44-39-35-31-27-25-23-21-19-16-13-10-7-2/h20-27,67-70,75H,6-19,28-66H2,1-5H3,(H,80,81)(H,82,83)/b22-20-,23-21-,26-24-,27-25-/t68-,69+,70+/m0/s1. The van der Waals surface area contributed by atoms with E-state index >= 15 is 0 Å². The first kappa shape index (κ1) is 90.0. The molecule has 0 aliphatic heterocycles. The quantitative estimate of drug-likeness (QED) is 0.0169. The third kappa shape index (κ3) is 67.4. The van der Waals surface area contributed by atoms with Gasteiger partial charge in [0.25, 0.3) is 0 Å². The van der Waals surface area contributed by atoms with Crippen molar-refractivity contribution < 1.29 is 80.2 Å². The third-order valence-corrected chi connectivity index (χ3v) is 17.9. The molecule has 0 saturated heterocycles. The Morgan fingerprint density at radius 1 is 0.333 bits per heavy atom. The van der Waals surface area contributed by atoms with Crippen molar-refractivity contribution in [1.29, 1.82) is 0 Å². The van der Waals surface area contributed by atoms with Crippen LogP contribution in [0.25, 0.3) is 0 Å². The molecule has 0 aromatic rings. The topological polar surface area (TPSA) is 237 Å². The average Bonchev–Trinajstić information content (AvgIpc) is 2.57. The molecule has 5 atom stereocenters. The molecule has 3 N–H and O–H groups in total. The van der Waals surface area contributed by atoms with Crippen molar-refractivity contribution in [3.8, 4) is 0 Å². The second-order valence-electron chi connectivity index (χ2n) is 25.8. The molecule has 19 heteroatoms. The van der Waals surface area contributed by atoms with E-state index in [1.165, 1.54) is 116 Å². The summed E-state index contributed by atoms with van der Waals surface area (Å²) in [5.41, 5.74) is 0. The zero-order valence-electron chi connectivity index (χ0n) is 59.4. The number of esters is 4. The van der Waals surface area contributed by atoms with Crippen molar-refractivity contribution in [2.75, 3.05) is 39.6 Å². The Balaban J connectivity index is 5.27. The normalized spacial score (nSPS) is 14.3. The minimum Gasteiger partial charge on any atom is -0.462 e. The van der Waals surface area contributed by atoms with Crippen molar-refractivity contribution in [2.45, 2.75) is 355 Å². The number of carbonyl (C=O) groups excluding carboxylic acids is 4. The Morgan fingerprint density at radius 2 is 0.581 bits per heavy atom. The number of phosphoric acid groups is 2. The molecule has 0 aliphatic rings. The SMILES string of the molecule is CCCCCC/C=C\C=C/CCCCCCCC(=O)OC[C@H](COP(=O)(O)OC[C@@H](O)COP(=O)(O)OC[C@@H](COC(=O)CCCCCCCCC)OC(=O)CCCCCCC/C=C\C=C/CCCCCC)OC(=O)CCCCCCCCCCCCCCCC(C)C. The van der Waals surface area contributed by atoms with E-state index in [-0.39, 0.29) is 25.7 Å². The number of hydrogen-bond acceptors (Lipinski definition) is 15. The maximum atomic E-state index is 13.0. The molecule has 0 rings (SSSR count). The number of rotatable bonds is 70. The lowest BCUT2D eigenvalue weighted by molar-refractivity contribution is -0.161. The first-order chi connectivity index (χ1) is 45.0. The van der Waals surface area contributed by atoms with Crippen LogP contribution in [0.5, 0.6) is 0 Å². The Labute approximate surface area is 566 Å². The van der Waals surface area contributed by atoms with E-state index in [4.69, 9.17) is 37.0 Å². The van der Waals surface area contributed by atoms with Gasteiger partial charge in [0.15, 0.2) is 12.2 Å². The summed E-state index contributed by atoms with van der Waals surface area (Å²) in [5.74, 6) is -1.40. The van der Waals surface area contributed by atoms with Crippen LogP contribution in [-0.4, -0.2) is 96.7 Å². The van der Waals surface area contributed by atoms with Crippen LogP contribution in [0.2, 0.25) is 0 Å². The molecular formula is C74H136O17P2. The van der Waals surface area contributed by atoms with Crippen LogP contribution in [0, 0.1) is 5.92 Å². The molecule has 0 aromatic heterocycles. The van der Waals surface area contributed by atoms with Gasteiger partial charge in [0, 0.05) is 25.7 Å². The summed E-state index contributed by atoms with van der Waals surface area (Å²) in [7, 11) is -9.93. The van der Waals surface area contributed by atoms with Gasteiger partial charge in [-0.1, -0.05) is 282 Å². The fraction of sp³-hybridized carbons (Fsp3) is 0.838. The summed E-state index contributed by atoms with van der Waals surface area (Å²) in [4.78, 5) is 72.5. The first-order valence-electron chi connectivity index (χ1n) is 37.3. The summed E-state index contributed by atoms with van der Waals surface area (Å²) >= 11 is 0. The molecule has 0 bridgehead atoms. The Morgan fingerprint density at radius 3 is 0.882 bits per heavy atom. The van der Waals surface area contributed by atoms with E-state index in [1.54, 1.807) is 0 Å². The van der Waals surface area contributed by atoms with Crippen LogP contribution < -0.4 is 0 Å². The van der Waals surface area contributed by atoms with Gasteiger partial charge < -0.3 is 33.8 Å². The van der Waals surface area contributed by atoms with Crippen LogP contribution in [0.4, 0.5) is 0 Å². The Bertz CT molecular complexity index is 1980. The molecule has 0 spiro atoms. The molecule has 0 aliphatic carbocycles. The molecular weight excluding hydrogens is 1220 g/mol. The van der Waals surface area contributed by atoms with Crippen LogP contribution >= 0.6 is 15.6 Å². The highest BCUT2D eigenvalue weighted by Gasteiger charge is 2.30. The Kier molecular flexibility index (Phi) is 64.1. The second-order valence-corrected chi connectivity index (χ2v) is 28.7. The number of unbranched alkanes of at least 4 members (excludes halogenated alkanes) is 36. The Hall–Kier alpha value is -2.98. The highest BCUT2D eigenvalue weighted by atomic mass is 31.2. The number of allylic oxidation sites excluding steroid dienone is 8. The van der Waals surface area contributed by atoms with Gasteiger partial charge in [0.2, 0.25) is 0 Å². The van der Waals surface area contributed by atoms with Crippen molar-refractivity contribution >= 4 is 39.5 Å². The molecule has 544 valence electrons. The van der Waals surface area contributed by atoms with Gasteiger partial charge in [0.05, 0.1) is 26.4 Å². The summed E-state index contributed by atoms with van der Waals surface area (Å²) in [5, 5.41) is 10.6. The van der Waals surface area contributed by atoms with Gasteiger partial charge in [-0.2, -0.15) is 0 Å². The molecule has 0 radical (unpaired) electrons. The second kappa shape index (κ2) is 66.3. The molecule has 17 nitrogen and oxygen atoms in total. The van der Waals surface area contributed by atoms with Crippen LogP contribution in [0.1, 0.15) is 336 Å². The summed E-state index contributed by atoms with van der Waals surface area (Å²) in [6, 6.07) is 0. The highest BCUT2D eigenvalue weighted by molar-refractivity contribution is 7.47. The van der Waals surface area contributed by atoms with Crippen molar-refractivity contribution in [3.63, 3.8) is 0 Å². The number of ether oxygens (including phenoxy) is 4. The maximum absolute atomic E-state index is 13.0. The van der Waals surface area contributed by atoms with E-state index in [0.29, 0.717) is 25.7 Å². The monoisotopic (exact) mass is 1360 g/mol. The molecule has 0 amide bonds. The minimum absolute atomic E-state index is 0.0824. The van der Waals surface area contributed by atoms with Gasteiger partial charge >= 0.3 is 39.5 Å². The highest BCUT2D eigenvalue weighted by Crippen LogP contribution is 2.45. The fourth-order valence-electron chi connectivity index (χ4n) is 10.3. The van der Waals surface area contributed by atoms with Crippen molar-refractivity contribution in [2.24, 2.45) is 5.92 Å². The zero-order valence-corrected chi connectivity index (χ0v) is 61.1. The number of aliphatic hydroxyl groups excluding tert-OH is 1. The minimum atomic E-state index is -4.97. The zero-order chi connectivity index (χ0) is 68.4. The number of phosphoric ester groups is 2. The molecule has 0 aromatic carbocycles. The van der Waals surface area contributed by atoms with Gasteiger partial charge in [-0.15, -0.1) is 0 Å². The number of hydrogen-bond donors (Lipinski definition) is 3. The summed E-state index contributed by atoms with van der Waals surface area (Å²) in [6.45, 7) is 7.11. The lowest BCUT2D eigenvalue weighted by atomic mass is 10.0. The molecule has 0 saturated carbocycles. The lowest BCUT2D eigenvalue weighted by Gasteiger charge is -2.21. The number of aliphatic hydroxyl groups is 1. The van der Waals surface area contributed by atoms with E-state index in [1.807, 2.05) is 0 Å². The fourth-order valence-corrected chi connectivity index (χ4v) is 11.8. The van der Waals surface area contributed by atoms with Crippen molar-refractivity contribution in [1.82, 2.24) is 0 Å². The van der Waals surface area contributed by atoms with Gasteiger partial charge in [-0.3, -0.25) is 37.3 Å². The van der Waals surface area contributed by atoms with Crippen LogP contribution in [0.15, 0.2) is 48.6 Å². The van der Waals surface area contributed by atoms with E-state index in [2.05, 4.69) is 83.2 Å². The smallest absolute Gasteiger partial charge is 0.462 e.